The molecular weight excluding hydrogens is 304 g/mol. The van der Waals surface area contributed by atoms with E-state index in [1.165, 1.54) is 12.1 Å². The summed E-state index contributed by atoms with van der Waals surface area (Å²) in [5.41, 5.74) is 3.32. The van der Waals surface area contributed by atoms with Crippen molar-refractivity contribution < 1.29 is 18.0 Å². The fraction of sp³-hybridized carbons (Fsp3) is 0.364. The molecule has 1 fully saturated rings. The lowest BCUT2D eigenvalue weighted by molar-refractivity contribution is -0.163. The number of nitrogens with one attached hydrogen (secondary N) is 1. The van der Waals surface area contributed by atoms with Gasteiger partial charge in [0.15, 0.2) is 0 Å². The normalized spacial score (nSPS) is 17.1. The van der Waals surface area contributed by atoms with Crippen molar-refractivity contribution >= 4 is 34.8 Å². The number of rotatable bonds is 2. The SMILES string of the molecule is Nc1cc(Cl)c(Cl)c(C(=O)NC2(C(F)(F)F)CC2)c1. The van der Waals surface area contributed by atoms with Crippen molar-refractivity contribution in [2.75, 3.05) is 5.73 Å². The Bertz CT molecular complexity index is 541. The Morgan fingerprint density at radius 3 is 2.37 bits per heavy atom. The summed E-state index contributed by atoms with van der Waals surface area (Å²) in [7, 11) is 0. The topological polar surface area (TPSA) is 55.1 Å². The number of alkyl halides is 3. The van der Waals surface area contributed by atoms with Gasteiger partial charge in [-0.15, -0.1) is 0 Å². The molecule has 0 unspecified atom stereocenters. The van der Waals surface area contributed by atoms with Crippen molar-refractivity contribution in [2.24, 2.45) is 0 Å². The predicted octanol–water partition coefficient (Wildman–Crippen LogP) is 3.40. The fourth-order valence-corrected chi connectivity index (χ4v) is 2.09. The number of benzene rings is 1. The predicted molar refractivity (Wildman–Crippen MR) is 66.4 cm³/mol. The van der Waals surface area contributed by atoms with Gasteiger partial charge in [-0.1, -0.05) is 23.2 Å². The first-order valence-corrected chi connectivity index (χ1v) is 6.06. The average Bonchev–Trinajstić information content (AvgIpc) is 3.03. The van der Waals surface area contributed by atoms with E-state index >= 15 is 0 Å². The van der Waals surface area contributed by atoms with E-state index in [-0.39, 0.29) is 34.1 Å². The molecule has 1 aromatic carbocycles. The van der Waals surface area contributed by atoms with Gasteiger partial charge in [0, 0.05) is 5.69 Å². The third kappa shape index (κ3) is 2.60. The summed E-state index contributed by atoms with van der Waals surface area (Å²) >= 11 is 11.5. The second-order valence-electron chi connectivity index (χ2n) is 4.40. The van der Waals surface area contributed by atoms with Gasteiger partial charge in [-0.25, -0.2) is 0 Å². The van der Waals surface area contributed by atoms with Crippen LogP contribution in [0.25, 0.3) is 0 Å². The average molecular weight is 313 g/mol. The molecule has 0 bridgehead atoms. The molecule has 1 amide bonds. The second kappa shape index (κ2) is 4.45. The van der Waals surface area contributed by atoms with Crippen molar-refractivity contribution in [3.05, 3.63) is 27.7 Å². The standard InChI is InChI=1S/C11H9Cl2F3N2O/c12-7-4-5(17)3-6(8(7)13)9(19)18-10(1-2-10)11(14,15)16/h3-4H,1-2,17H2,(H,18,19). The molecule has 1 aliphatic rings. The molecule has 0 spiro atoms. The molecule has 8 heteroatoms. The van der Waals surface area contributed by atoms with Crippen LogP contribution in [-0.2, 0) is 0 Å². The smallest absolute Gasteiger partial charge is 0.399 e. The zero-order chi connectivity index (χ0) is 14.4. The van der Waals surface area contributed by atoms with E-state index in [9.17, 15) is 18.0 Å². The highest BCUT2D eigenvalue weighted by molar-refractivity contribution is 6.44. The molecule has 104 valence electrons. The molecule has 1 aromatic rings. The van der Waals surface area contributed by atoms with Crippen molar-refractivity contribution in [1.82, 2.24) is 5.32 Å². The van der Waals surface area contributed by atoms with E-state index in [2.05, 4.69) is 0 Å². The van der Waals surface area contributed by atoms with E-state index < -0.39 is 17.6 Å². The second-order valence-corrected chi connectivity index (χ2v) is 5.18. The van der Waals surface area contributed by atoms with Crippen molar-refractivity contribution in [1.29, 1.82) is 0 Å². The Hall–Kier alpha value is -1.14. The monoisotopic (exact) mass is 312 g/mol. The van der Waals surface area contributed by atoms with Crippen LogP contribution in [0.1, 0.15) is 23.2 Å². The molecule has 0 heterocycles. The van der Waals surface area contributed by atoms with Crippen molar-refractivity contribution in [2.45, 2.75) is 24.6 Å². The van der Waals surface area contributed by atoms with Crippen LogP contribution in [0.3, 0.4) is 0 Å². The largest absolute Gasteiger partial charge is 0.411 e. The number of nitrogen functional groups attached to an aromatic ring is 1. The molecule has 0 aliphatic heterocycles. The summed E-state index contributed by atoms with van der Waals surface area (Å²) in [6, 6.07) is 2.51. The van der Waals surface area contributed by atoms with Crippen molar-refractivity contribution in [3.8, 4) is 0 Å². The zero-order valence-electron chi connectivity index (χ0n) is 9.44. The Kier molecular flexibility index (Phi) is 3.35. The van der Waals surface area contributed by atoms with Crippen LogP contribution in [0.2, 0.25) is 10.0 Å². The molecular formula is C11H9Cl2F3N2O. The molecule has 0 aromatic heterocycles. The summed E-state index contributed by atoms with van der Waals surface area (Å²) in [4.78, 5) is 11.9. The highest BCUT2D eigenvalue weighted by atomic mass is 35.5. The highest BCUT2D eigenvalue weighted by Crippen LogP contribution is 2.49. The van der Waals surface area contributed by atoms with E-state index in [1.807, 2.05) is 5.32 Å². The third-order valence-corrected chi connectivity index (χ3v) is 3.74. The molecule has 0 atom stereocenters. The van der Waals surface area contributed by atoms with Gasteiger partial charge in [0.2, 0.25) is 0 Å². The van der Waals surface area contributed by atoms with Gasteiger partial charge in [0.05, 0.1) is 15.6 Å². The van der Waals surface area contributed by atoms with Crippen LogP contribution in [0, 0.1) is 0 Å². The molecule has 3 N–H and O–H groups in total. The Morgan fingerprint density at radius 2 is 1.89 bits per heavy atom. The highest BCUT2D eigenvalue weighted by Gasteiger charge is 2.64. The number of hydrogen-bond donors (Lipinski definition) is 2. The number of nitrogens with two attached hydrogens (primary N) is 1. The summed E-state index contributed by atoms with van der Waals surface area (Å²) in [5.74, 6) is -0.936. The lowest BCUT2D eigenvalue weighted by Crippen LogP contribution is -2.47. The summed E-state index contributed by atoms with van der Waals surface area (Å²) in [6.45, 7) is 0. The third-order valence-electron chi connectivity index (χ3n) is 2.94. The van der Waals surface area contributed by atoms with Gasteiger partial charge >= 0.3 is 6.18 Å². The van der Waals surface area contributed by atoms with Gasteiger partial charge in [-0.2, -0.15) is 13.2 Å². The minimum absolute atomic E-state index is 0.0173. The maximum atomic E-state index is 12.7. The van der Waals surface area contributed by atoms with E-state index in [4.69, 9.17) is 28.9 Å². The minimum atomic E-state index is -4.49. The molecule has 19 heavy (non-hydrogen) atoms. The maximum absolute atomic E-state index is 12.7. The van der Waals surface area contributed by atoms with Gasteiger partial charge < -0.3 is 11.1 Å². The summed E-state index contributed by atoms with van der Waals surface area (Å²) in [5, 5.41) is 1.85. The number of amides is 1. The first kappa shape index (κ1) is 14.3. The van der Waals surface area contributed by atoms with Crippen LogP contribution in [0.15, 0.2) is 12.1 Å². The van der Waals surface area contributed by atoms with Gasteiger partial charge in [0.1, 0.15) is 5.54 Å². The first-order valence-electron chi connectivity index (χ1n) is 5.30. The first-order chi connectivity index (χ1) is 8.66. The fourth-order valence-electron chi connectivity index (χ4n) is 1.66. The Balaban J connectivity index is 2.27. The minimum Gasteiger partial charge on any atom is -0.399 e. The van der Waals surface area contributed by atoms with Crippen molar-refractivity contribution in [3.63, 3.8) is 0 Å². The summed E-state index contributed by atoms with van der Waals surface area (Å²) < 4.78 is 38.2. The maximum Gasteiger partial charge on any atom is 0.411 e. The lowest BCUT2D eigenvalue weighted by Gasteiger charge is -2.21. The molecule has 0 radical (unpaired) electrons. The van der Waals surface area contributed by atoms with Gasteiger partial charge in [0.25, 0.3) is 5.91 Å². The number of anilines is 1. The van der Waals surface area contributed by atoms with Crippen LogP contribution in [-0.4, -0.2) is 17.6 Å². The van der Waals surface area contributed by atoms with Crippen LogP contribution in [0.4, 0.5) is 18.9 Å². The molecule has 3 nitrogen and oxygen atoms in total. The number of halogens is 5. The lowest BCUT2D eigenvalue weighted by atomic mass is 10.1. The molecule has 1 saturated carbocycles. The Labute approximate surface area is 116 Å². The number of hydrogen-bond acceptors (Lipinski definition) is 2. The van der Waals surface area contributed by atoms with Crippen LogP contribution < -0.4 is 11.1 Å². The molecule has 2 rings (SSSR count). The molecule has 0 saturated heterocycles. The van der Waals surface area contributed by atoms with Crippen LogP contribution in [0.5, 0.6) is 0 Å². The quantitative estimate of drug-likeness (QED) is 0.822. The Morgan fingerprint density at radius 1 is 1.32 bits per heavy atom. The molecule has 1 aliphatic carbocycles. The van der Waals surface area contributed by atoms with Gasteiger partial charge in [-0.3, -0.25) is 4.79 Å². The van der Waals surface area contributed by atoms with E-state index in [0.29, 0.717) is 0 Å². The van der Waals surface area contributed by atoms with E-state index in [0.717, 1.165) is 0 Å². The zero-order valence-corrected chi connectivity index (χ0v) is 11.0. The number of carbonyl (C=O) groups excluding carboxylic acids is 1. The number of carbonyl (C=O) groups is 1. The van der Waals surface area contributed by atoms with Crippen LogP contribution >= 0.6 is 23.2 Å². The summed E-state index contributed by atoms with van der Waals surface area (Å²) in [6.07, 6.45) is -4.77. The van der Waals surface area contributed by atoms with Gasteiger partial charge in [-0.05, 0) is 25.0 Å². The van der Waals surface area contributed by atoms with E-state index in [1.54, 1.807) is 0 Å².